The van der Waals surface area contributed by atoms with Crippen LogP contribution in [0.2, 0.25) is 0 Å². The van der Waals surface area contributed by atoms with Gasteiger partial charge >= 0.3 is 0 Å². The van der Waals surface area contributed by atoms with E-state index in [1.807, 2.05) is 24.1 Å². The maximum atomic E-state index is 4.25. The average Bonchev–Trinajstić information content (AvgIpc) is 2.89. The molecule has 2 rings (SSSR count). The summed E-state index contributed by atoms with van der Waals surface area (Å²) < 4.78 is 5.78. The van der Waals surface area contributed by atoms with E-state index in [0.29, 0.717) is 0 Å². The highest BCUT2D eigenvalue weighted by molar-refractivity contribution is 7.05. The van der Waals surface area contributed by atoms with Crippen molar-refractivity contribution in [3.8, 4) is 0 Å². The Hall–Kier alpha value is -1.27. The van der Waals surface area contributed by atoms with E-state index < -0.39 is 0 Å². The predicted molar refractivity (Wildman–Crippen MR) is 58.7 cm³/mol. The Kier molecular flexibility index (Phi) is 3.08. The summed E-state index contributed by atoms with van der Waals surface area (Å²) in [5.41, 5.74) is 1.14. The highest BCUT2D eigenvalue weighted by Crippen LogP contribution is 2.22. The van der Waals surface area contributed by atoms with Gasteiger partial charge in [0, 0.05) is 18.3 Å². The predicted octanol–water partition coefficient (Wildman–Crippen LogP) is 1.06. The van der Waals surface area contributed by atoms with Gasteiger partial charge in [0.15, 0.2) is 0 Å². The average molecular weight is 223 g/mol. The van der Waals surface area contributed by atoms with E-state index in [0.717, 1.165) is 17.0 Å². The van der Waals surface area contributed by atoms with Gasteiger partial charge in [0.2, 0.25) is 0 Å². The molecule has 15 heavy (non-hydrogen) atoms. The molecule has 0 bridgehead atoms. The Morgan fingerprint density at radius 1 is 1.53 bits per heavy atom. The first-order valence-corrected chi connectivity index (χ1v) is 5.59. The first-order valence-electron chi connectivity index (χ1n) is 4.82. The summed E-state index contributed by atoms with van der Waals surface area (Å²) in [6, 6.07) is 0.144. The molecule has 0 aliphatic rings. The summed E-state index contributed by atoms with van der Waals surface area (Å²) in [6.07, 6.45) is 5.71. The fourth-order valence-electron chi connectivity index (χ4n) is 1.48. The van der Waals surface area contributed by atoms with Crippen molar-refractivity contribution in [2.45, 2.75) is 19.5 Å². The summed E-state index contributed by atoms with van der Waals surface area (Å²) in [7, 11) is 1.92. The third-order valence-corrected chi connectivity index (χ3v) is 2.99. The Balaban J connectivity index is 2.27. The molecule has 2 heterocycles. The molecule has 6 heteroatoms. The van der Waals surface area contributed by atoms with Gasteiger partial charge in [-0.15, -0.1) is 5.10 Å². The largest absolute Gasteiger partial charge is 0.308 e. The van der Waals surface area contributed by atoms with E-state index >= 15 is 0 Å². The minimum Gasteiger partial charge on any atom is -0.308 e. The fraction of sp³-hybridized carbons (Fsp3) is 0.444. The number of aryl methyl sites for hydroxylation is 1. The quantitative estimate of drug-likeness (QED) is 0.842. The van der Waals surface area contributed by atoms with Crippen LogP contribution in [0.25, 0.3) is 0 Å². The van der Waals surface area contributed by atoms with Crippen LogP contribution in [0.4, 0.5) is 0 Å². The molecule has 5 nitrogen and oxygen atoms in total. The molecule has 0 fully saturated rings. The lowest BCUT2D eigenvalue weighted by Crippen LogP contribution is -2.15. The Bertz CT molecular complexity index is 408. The van der Waals surface area contributed by atoms with Crippen LogP contribution in [0, 0.1) is 0 Å². The molecule has 0 aliphatic carbocycles. The van der Waals surface area contributed by atoms with Crippen LogP contribution in [-0.2, 0) is 6.54 Å². The lowest BCUT2D eigenvalue weighted by Gasteiger charge is -2.10. The number of hydrogen-bond acceptors (Lipinski definition) is 5. The second kappa shape index (κ2) is 4.50. The summed E-state index contributed by atoms with van der Waals surface area (Å²) >= 11 is 1.41. The summed E-state index contributed by atoms with van der Waals surface area (Å²) in [5.74, 6) is 0. The first-order chi connectivity index (χ1) is 7.35. The van der Waals surface area contributed by atoms with Gasteiger partial charge in [0.1, 0.15) is 0 Å². The normalized spacial score (nSPS) is 12.9. The Morgan fingerprint density at radius 3 is 2.93 bits per heavy atom. The van der Waals surface area contributed by atoms with Crippen LogP contribution >= 0.6 is 11.5 Å². The highest BCUT2D eigenvalue weighted by atomic mass is 32.1. The second-order valence-corrected chi connectivity index (χ2v) is 3.99. The zero-order chi connectivity index (χ0) is 10.7. The van der Waals surface area contributed by atoms with E-state index in [1.165, 1.54) is 11.5 Å². The third kappa shape index (κ3) is 2.05. The monoisotopic (exact) mass is 223 g/mol. The third-order valence-electron chi connectivity index (χ3n) is 2.26. The van der Waals surface area contributed by atoms with Crippen LogP contribution in [0.15, 0.2) is 18.6 Å². The van der Waals surface area contributed by atoms with Gasteiger partial charge in [-0.1, -0.05) is 4.49 Å². The molecule has 0 spiro atoms. The summed E-state index contributed by atoms with van der Waals surface area (Å²) in [4.78, 5) is 1.10. The van der Waals surface area contributed by atoms with Crippen molar-refractivity contribution in [1.82, 2.24) is 24.7 Å². The van der Waals surface area contributed by atoms with Gasteiger partial charge in [-0.3, -0.25) is 4.68 Å². The molecule has 1 unspecified atom stereocenters. The molecular weight excluding hydrogens is 210 g/mol. The van der Waals surface area contributed by atoms with Crippen molar-refractivity contribution in [1.29, 1.82) is 0 Å². The first kappa shape index (κ1) is 10.3. The van der Waals surface area contributed by atoms with Crippen LogP contribution in [0.3, 0.4) is 0 Å². The molecule has 1 N–H and O–H groups in total. The second-order valence-electron chi connectivity index (χ2n) is 3.17. The lowest BCUT2D eigenvalue weighted by atomic mass is 10.1. The van der Waals surface area contributed by atoms with E-state index in [4.69, 9.17) is 0 Å². The maximum Gasteiger partial charge on any atom is 0.0732 e. The van der Waals surface area contributed by atoms with Gasteiger partial charge < -0.3 is 5.32 Å². The number of aromatic nitrogens is 4. The number of hydrogen-bond donors (Lipinski definition) is 1. The van der Waals surface area contributed by atoms with Crippen LogP contribution in [0.1, 0.15) is 23.4 Å². The number of nitrogens with zero attached hydrogens (tertiary/aromatic N) is 4. The summed E-state index contributed by atoms with van der Waals surface area (Å²) in [5, 5.41) is 11.3. The van der Waals surface area contributed by atoms with Crippen molar-refractivity contribution in [2.24, 2.45) is 0 Å². The molecule has 0 radical (unpaired) electrons. The smallest absolute Gasteiger partial charge is 0.0732 e. The molecule has 0 aliphatic heterocycles. The molecule has 2 aromatic heterocycles. The molecule has 0 amide bonds. The van der Waals surface area contributed by atoms with Gasteiger partial charge in [0.25, 0.3) is 0 Å². The van der Waals surface area contributed by atoms with Gasteiger partial charge in [0.05, 0.1) is 23.3 Å². The fourth-order valence-corrected chi connectivity index (χ4v) is 2.12. The Morgan fingerprint density at radius 2 is 2.40 bits per heavy atom. The molecule has 0 aromatic carbocycles. The van der Waals surface area contributed by atoms with E-state index in [1.54, 1.807) is 6.20 Å². The van der Waals surface area contributed by atoms with Crippen LogP contribution in [0.5, 0.6) is 0 Å². The Labute approximate surface area is 92.3 Å². The minimum absolute atomic E-state index is 0.144. The van der Waals surface area contributed by atoms with E-state index in [-0.39, 0.29) is 6.04 Å². The summed E-state index contributed by atoms with van der Waals surface area (Å²) in [6.45, 7) is 2.96. The van der Waals surface area contributed by atoms with Crippen molar-refractivity contribution in [3.05, 3.63) is 29.0 Å². The minimum atomic E-state index is 0.144. The SMILES string of the molecule is CCn1cc(C(NC)c2cnns2)cn1. The molecule has 0 saturated carbocycles. The van der Waals surface area contributed by atoms with Crippen molar-refractivity contribution >= 4 is 11.5 Å². The topological polar surface area (TPSA) is 55.6 Å². The van der Waals surface area contributed by atoms with Crippen LogP contribution < -0.4 is 5.32 Å². The van der Waals surface area contributed by atoms with Gasteiger partial charge in [-0.25, -0.2) is 0 Å². The highest BCUT2D eigenvalue weighted by Gasteiger charge is 2.15. The molecule has 1 atom stereocenters. The van der Waals surface area contributed by atoms with Crippen molar-refractivity contribution in [3.63, 3.8) is 0 Å². The van der Waals surface area contributed by atoms with Gasteiger partial charge in [-0.2, -0.15) is 5.10 Å². The van der Waals surface area contributed by atoms with Crippen molar-refractivity contribution < 1.29 is 0 Å². The van der Waals surface area contributed by atoms with E-state index in [2.05, 4.69) is 26.9 Å². The lowest BCUT2D eigenvalue weighted by molar-refractivity contribution is 0.654. The molecular formula is C9H13N5S. The molecule has 2 aromatic rings. The zero-order valence-corrected chi connectivity index (χ0v) is 9.53. The van der Waals surface area contributed by atoms with E-state index in [9.17, 15) is 0 Å². The maximum absolute atomic E-state index is 4.25. The number of nitrogens with one attached hydrogen (secondary N) is 1. The number of rotatable bonds is 4. The zero-order valence-electron chi connectivity index (χ0n) is 8.71. The molecule has 0 saturated heterocycles. The molecule has 80 valence electrons. The van der Waals surface area contributed by atoms with Gasteiger partial charge in [-0.05, 0) is 25.5 Å². The van der Waals surface area contributed by atoms with Crippen LogP contribution in [-0.4, -0.2) is 26.4 Å². The van der Waals surface area contributed by atoms with Crippen molar-refractivity contribution in [2.75, 3.05) is 7.05 Å². The standard InChI is InChI=1S/C9H13N5S/c1-3-14-6-7(4-12-14)9(10-2)8-5-11-13-15-8/h4-6,9-10H,3H2,1-2H3.